The molecule has 138 valence electrons. The summed E-state index contributed by atoms with van der Waals surface area (Å²) in [6.45, 7) is 3.36. The van der Waals surface area contributed by atoms with Gasteiger partial charge in [-0.3, -0.25) is 14.5 Å². The van der Waals surface area contributed by atoms with E-state index in [2.05, 4.69) is 37.7 Å². The predicted octanol–water partition coefficient (Wildman–Crippen LogP) is 2.75. The molecular weight excluding hydrogens is 416 g/mol. The lowest BCUT2D eigenvalue weighted by molar-refractivity contribution is -0.137. The highest BCUT2D eigenvalue weighted by Crippen LogP contribution is 2.24. The van der Waals surface area contributed by atoms with Gasteiger partial charge >= 0.3 is 0 Å². The first-order chi connectivity index (χ1) is 12.4. The molecular formula is C18H21BrN4O2S. The Kier molecular flexibility index (Phi) is 6.05. The largest absolute Gasteiger partial charge is 0.337 e. The Balaban J connectivity index is 1.53. The van der Waals surface area contributed by atoms with Gasteiger partial charge in [-0.1, -0.05) is 0 Å². The van der Waals surface area contributed by atoms with E-state index < -0.39 is 0 Å². The smallest absolute Gasteiger partial charge is 0.239 e. The third-order valence-electron chi connectivity index (χ3n) is 4.53. The zero-order valence-electron chi connectivity index (χ0n) is 14.7. The quantitative estimate of drug-likeness (QED) is 0.782. The molecule has 0 radical (unpaired) electrons. The van der Waals surface area contributed by atoms with Gasteiger partial charge in [0.25, 0.3) is 0 Å². The van der Waals surface area contributed by atoms with E-state index in [9.17, 15) is 9.59 Å². The summed E-state index contributed by atoms with van der Waals surface area (Å²) in [6.07, 6.45) is 2.53. The van der Waals surface area contributed by atoms with Crippen LogP contribution in [0.25, 0.3) is 0 Å². The van der Waals surface area contributed by atoms with Crippen LogP contribution < -0.4 is 5.32 Å². The zero-order chi connectivity index (χ0) is 18.7. The molecule has 6 nitrogen and oxygen atoms in total. The van der Waals surface area contributed by atoms with Gasteiger partial charge in [0.15, 0.2) is 0 Å². The van der Waals surface area contributed by atoms with Crippen LogP contribution in [0.2, 0.25) is 0 Å². The summed E-state index contributed by atoms with van der Waals surface area (Å²) in [4.78, 5) is 34.1. The summed E-state index contributed by atoms with van der Waals surface area (Å²) in [7, 11) is 1.79. The molecule has 0 saturated carbocycles. The SMILES string of the molecule is CC(C(=O)N1CCc2sccc2C1)N(C)CC(=O)Nc1ccc(Br)cn1. The Morgan fingerprint density at radius 3 is 2.96 bits per heavy atom. The molecule has 2 aromatic rings. The van der Waals surface area contributed by atoms with Crippen LogP contribution in [0.4, 0.5) is 5.82 Å². The molecule has 8 heteroatoms. The normalized spacial score (nSPS) is 14.8. The molecule has 0 spiro atoms. The Bertz CT molecular complexity index is 793. The van der Waals surface area contributed by atoms with Crippen LogP contribution in [0.1, 0.15) is 17.4 Å². The van der Waals surface area contributed by atoms with Crippen molar-refractivity contribution in [1.82, 2.24) is 14.8 Å². The molecule has 0 saturated heterocycles. The molecule has 1 atom stereocenters. The second-order valence-electron chi connectivity index (χ2n) is 6.38. The van der Waals surface area contributed by atoms with Gasteiger partial charge in [-0.05, 0) is 65.5 Å². The van der Waals surface area contributed by atoms with E-state index in [0.29, 0.717) is 12.4 Å². The van der Waals surface area contributed by atoms with Crippen molar-refractivity contribution in [1.29, 1.82) is 0 Å². The average Bonchev–Trinajstić information content (AvgIpc) is 3.10. The van der Waals surface area contributed by atoms with Crippen LogP contribution in [-0.4, -0.2) is 52.8 Å². The topological polar surface area (TPSA) is 65.5 Å². The van der Waals surface area contributed by atoms with Crippen molar-refractivity contribution in [2.45, 2.75) is 25.9 Å². The fourth-order valence-electron chi connectivity index (χ4n) is 2.88. The molecule has 0 bridgehead atoms. The maximum Gasteiger partial charge on any atom is 0.239 e. The van der Waals surface area contributed by atoms with E-state index in [1.54, 1.807) is 35.5 Å². The maximum atomic E-state index is 12.8. The first-order valence-electron chi connectivity index (χ1n) is 8.39. The lowest BCUT2D eigenvalue weighted by Crippen LogP contribution is -2.48. The van der Waals surface area contributed by atoms with Gasteiger partial charge in [0, 0.05) is 28.6 Å². The number of hydrogen-bond donors (Lipinski definition) is 1. The van der Waals surface area contributed by atoms with Crippen LogP contribution in [0, 0.1) is 0 Å². The van der Waals surface area contributed by atoms with Crippen molar-refractivity contribution in [2.75, 3.05) is 25.5 Å². The highest BCUT2D eigenvalue weighted by molar-refractivity contribution is 9.10. The molecule has 1 aliphatic rings. The Hall–Kier alpha value is -1.77. The fourth-order valence-corrected chi connectivity index (χ4v) is 4.01. The number of amides is 2. The summed E-state index contributed by atoms with van der Waals surface area (Å²) in [5.41, 5.74) is 1.24. The van der Waals surface area contributed by atoms with Crippen molar-refractivity contribution in [2.24, 2.45) is 0 Å². The van der Waals surface area contributed by atoms with Gasteiger partial charge in [0.1, 0.15) is 5.82 Å². The lowest BCUT2D eigenvalue weighted by Gasteiger charge is -2.32. The van der Waals surface area contributed by atoms with Gasteiger partial charge in [0.2, 0.25) is 11.8 Å². The molecule has 1 N–H and O–H groups in total. The third kappa shape index (κ3) is 4.49. The molecule has 26 heavy (non-hydrogen) atoms. The molecule has 0 aliphatic carbocycles. The maximum absolute atomic E-state index is 12.8. The summed E-state index contributed by atoms with van der Waals surface area (Å²) < 4.78 is 0.849. The highest BCUT2D eigenvalue weighted by atomic mass is 79.9. The van der Waals surface area contributed by atoms with Crippen LogP contribution in [0.15, 0.2) is 34.2 Å². The number of carbonyl (C=O) groups is 2. The van der Waals surface area contributed by atoms with E-state index in [1.807, 2.05) is 17.9 Å². The number of nitrogens with one attached hydrogen (secondary N) is 1. The number of carbonyl (C=O) groups excluding carboxylic acids is 2. The monoisotopic (exact) mass is 436 g/mol. The molecule has 3 heterocycles. The highest BCUT2D eigenvalue weighted by Gasteiger charge is 2.28. The Morgan fingerprint density at radius 2 is 2.23 bits per heavy atom. The van der Waals surface area contributed by atoms with Crippen molar-refractivity contribution >= 4 is 44.9 Å². The lowest BCUT2D eigenvalue weighted by atomic mass is 10.1. The standard InChI is InChI=1S/C18H21BrN4O2S/c1-12(18(25)23-7-5-15-13(10-23)6-8-26-15)22(2)11-17(24)21-16-4-3-14(19)9-20-16/h3-4,6,8-9,12H,5,7,10-11H2,1-2H3,(H,20,21,24). The number of fused-ring (bicyclic) bond motifs is 1. The minimum atomic E-state index is -0.362. The molecule has 2 amide bonds. The third-order valence-corrected chi connectivity index (χ3v) is 6.02. The summed E-state index contributed by atoms with van der Waals surface area (Å²) in [6, 6.07) is 5.27. The predicted molar refractivity (Wildman–Crippen MR) is 106 cm³/mol. The van der Waals surface area contributed by atoms with Gasteiger partial charge in [0.05, 0.1) is 12.6 Å². The van der Waals surface area contributed by atoms with Crippen LogP contribution in [-0.2, 0) is 22.6 Å². The van der Waals surface area contributed by atoms with Crippen molar-refractivity contribution in [3.8, 4) is 0 Å². The van der Waals surface area contributed by atoms with E-state index in [-0.39, 0.29) is 24.4 Å². The summed E-state index contributed by atoms with van der Waals surface area (Å²) >= 11 is 5.06. The minimum Gasteiger partial charge on any atom is -0.337 e. The van der Waals surface area contributed by atoms with Gasteiger partial charge in [-0.25, -0.2) is 4.98 Å². The minimum absolute atomic E-state index is 0.0546. The van der Waals surface area contributed by atoms with Crippen molar-refractivity contribution < 1.29 is 9.59 Å². The van der Waals surface area contributed by atoms with Gasteiger partial charge in [-0.15, -0.1) is 11.3 Å². The number of rotatable bonds is 5. The molecule has 1 unspecified atom stereocenters. The fraction of sp³-hybridized carbons (Fsp3) is 0.389. The second-order valence-corrected chi connectivity index (χ2v) is 8.30. The number of likely N-dealkylation sites (N-methyl/N-ethyl adjacent to an activating group) is 1. The van der Waals surface area contributed by atoms with Gasteiger partial charge < -0.3 is 10.2 Å². The van der Waals surface area contributed by atoms with Crippen LogP contribution in [0.3, 0.4) is 0 Å². The number of nitrogens with zero attached hydrogens (tertiary/aromatic N) is 3. The first kappa shape index (κ1) is 19.0. The van der Waals surface area contributed by atoms with E-state index in [0.717, 1.165) is 17.4 Å². The van der Waals surface area contributed by atoms with Crippen molar-refractivity contribution in [3.63, 3.8) is 0 Å². The number of thiophene rings is 1. The number of halogens is 1. The summed E-state index contributed by atoms with van der Waals surface area (Å²) in [5.74, 6) is 0.353. The van der Waals surface area contributed by atoms with Gasteiger partial charge in [-0.2, -0.15) is 0 Å². The van der Waals surface area contributed by atoms with E-state index in [1.165, 1.54) is 10.4 Å². The van der Waals surface area contributed by atoms with Crippen molar-refractivity contribution in [3.05, 3.63) is 44.7 Å². The number of anilines is 1. The van der Waals surface area contributed by atoms with E-state index >= 15 is 0 Å². The summed E-state index contributed by atoms with van der Waals surface area (Å²) in [5, 5.41) is 4.82. The zero-order valence-corrected chi connectivity index (χ0v) is 17.1. The first-order valence-corrected chi connectivity index (χ1v) is 10.1. The number of hydrogen-bond acceptors (Lipinski definition) is 5. The van der Waals surface area contributed by atoms with Crippen LogP contribution in [0.5, 0.6) is 0 Å². The molecule has 3 rings (SSSR count). The molecule has 1 aliphatic heterocycles. The number of aromatic nitrogens is 1. The molecule has 2 aromatic heterocycles. The average molecular weight is 437 g/mol. The van der Waals surface area contributed by atoms with E-state index in [4.69, 9.17) is 0 Å². The Morgan fingerprint density at radius 1 is 1.42 bits per heavy atom. The molecule has 0 fully saturated rings. The molecule has 0 aromatic carbocycles. The Labute approximate surface area is 165 Å². The number of pyridine rings is 1. The second kappa shape index (κ2) is 8.28. The van der Waals surface area contributed by atoms with Crippen LogP contribution >= 0.6 is 27.3 Å².